The predicted octanol–water partition coefficient (Wildman–Crippen LogP) is 3.74. The summed E-state index contributed by atoms with van der Waals surface area (Å²) >= 11 is 1.68. The van der Waals surface area contributed by atoms with Gasteiger partial charge in [-0.05, 0) is 12.1 Å². The lowest BCUT2D eigenvalue weighted by Crippen LogP contribution is -2.16. The van der Waals surface area contributed by atoms with Gasteiger partial charge in [0.25, 0.3) is 0 Å². The third kappa shape index (κ3) is 3.47. The van der Waals surface area contributed by atoms with Crippen molar-refractivity contribution in [2.24, 2.45) is 0 Å². The molecule has 0 unspecified atom stereocenters. The largest absolute Gasteiger partial charge is 0.325 e. The van der Waals surface area contributed by atoms with Crippen LogP contribution >= 0.6 is 11.8 Å². The molecule has 2 heterocycles. The van der Waals surface area contributed by atoms with Crippen molar-refractivity contribution in [3.05, 3.63) is 66.1 Å². The summed E-state index contributed by atoms with van der Waals surface area (Å²) < 4.78 is 43.5. The fourth-order valence-corrected chi connectivity index (χ4v) is 5.03. The van der Waals surface area contributed by atoms with Gasteiger partial charge in [-0.25, -0.2) is 17.8 Å². The second kappa shape index (κ2) is 6.77. The topological polar surface area (TPSA) is 64.0 Å². The minimum absolute atomic E-state index is 0.134. The number of aryl methyl sites for hydroxylation is 1. The van der Waals surface area contributed by atoms with Crippen molar-refractivity contribution in [2.45, 2.75) is 17.5 Å². The fourth-order valence-electron chi connectivity index (χ4n) is 2.86. The van der Waals surface area contributed by atoms with Crippen LogP contribution in [-0.2, 0) is 22.3 Å². The number of imidazole rings is 1. The first kappa shape index (κ1) is 17.1. The highest BCUT2D eigenvalue weighted by molar-refractivity contribution is 7.99. The van der Waals surface area contributed by atoms with E-state index in [4.69, 9.17) is 0 Å². The van der Waals surface area contributed by atoms with Crippen LogP contribution in [-0.4, -0.2) is 23.7 Å². The Morgan fingerprint density at radius 1 is 1.15 bits per heavy atom. The number of nitrogens with zero attached hydrogens (tertiary/aromatic N) is 2. The normalized spacial score (nSPS) is 13.6. The number of hydrogen-bond donors (Lipinski definition) is 1. The van der Waals surface area contributed by atoms with Gasteiger partial charge in [0.05, 0.1) is 17.1 Å². The number of anilines is 1. The van der Waals surface area contributed by atoms with Gasteiger partial charge in [-0.3, -0.25) is 4.72 Å². The Balaban J connectivity index is 1.63. The molecule has 0 bridgehead atoms. The molecule has 0 radical (unpaired) electrons. The smallest absolute Gasteiger partial charge is 0.237 e. The van der Waals surface area contributed by atoms with Gasteiger partial charge in [-0.1, -0.05) is 48.2 Å². The zero-order valence-electron chi connectivity index (χ0n) is 13.7. The molecule has 5 nitrogen and oxygen atoms in total. The maximum atomic E-state index is 13.8. The van der Waals surface area contributed by atoms with Crippen LogP contribution in [0.3, 0.4) is 0 Å². The summed E-state index contributed by atoms with van der Waals surface area (Å²) in [6.07, 6.45) is 1.93. The van der Waals surface area contributed by atoms with Crippen molar-refractivity contribution in [1.29, 1.82) is 0 Å². The Bertz CT molecular complexity index is 1040. The maximum Gasteiger partial charge on any atom is 0.237 e. The molecular weight excluding hydrogens is 373 g/mol. The molecule has 134 valence electrons. The molecule has 1 aliphatic heterocycles. The van der Waals surface area contributed by atoms with E-state index < -0.39 is 21.6 Å². The van der Waals surface area contributed by atoms with Crippen molar-refractivity contribution in [2.75, 3.05) is 10.5 Å². The molecule has 1 aliphatic rings. The Kier molecular flexibility index (Phi) is 4.46. The first-order valence-corrected chi connectivity index (χ1v) is 10.7. The van der Waals surface area contributed by atoms with Crippen LogP contribution in [0.15, 0.2) is 59.9 Å². The van der Waals surface area contributed by atoms with Gasteiger partial charge in [0.1, 0.15) is 5.82 Å². The van der Waals surface area contributed by atoms with Gasteiger partial charge in [0, 0.05) is 29.6 Å². The minimum atomic E-state index is -3.77. The Morgan fingerprint density at radius 3 is 2.73 bits per heavy atom. The molecule has 0 amide bonds. The number of halogens is 1. The quantitative estimate of drug-likeness (QED) is 0.722. The second-order valence-electron chi connectivity index (χ2n) is 5.95. The predicted molar refractivity (Wildman–Crippen MR) is 101 cm³/mol. The first-order chi connectivity index (χ1) is 12.5. The molecule has 26 heavy (non-hydrogen) atoms. The average molecular weight is 389 g/mol. The lowest BCUT2D eigenvalue weighted by molar-refractivity contribution is 0.591. The number of sulfonamides is 1. The van der Waals surface area contributed by atoms with E-state index in [1.165, 1.54) is 18.2 Å². The van der Waals surface area contributed by atoms with E-state index in [-0.39, 0.29) is 5.56 Å². The van der Waals surface area contributed by atoms with Gasteiger partial charge in [-0.15, -0.1) is 0 Å². The molecule has 3 aromatic rings. The number of aromatic nitrogens is 2. The molecule has 4 rings (SSSR count). The summed E-state index contributed by atoms with van der Waals surface area (Å²) in [5, 5.41) is 0.934. The van der Waals surface area contributed by atoms with Crippen LogP contribution in [0.2, 0.25) is 0 Å². The summed E-state index contributed by atoms with van der Waals surface area (Å²) in [7, 11) is -3.77. The van der Waals surface area contributed by atoms with Crippen LogP contribution in [0, 0.1) is 5.82 Å². The fraction of sp³-hybridized carbons (Fsp3) is 0.167. The number of benzene rings is 2. The van der Waals surface area contributed by atoms with Gasteiger partial charge in [-0.2, -0.15) is 0 Å². The summed E-state index contributed by atoms with van der Waals surface area (Å²) in [5.74, 6) is 0.0389. The first-order valence-electron chi connectivity index (χ1n) is 8.05. The Labute approximate surface area is 155 Å². The third-order valence-corrected chi connectivity index (χ3v) is 6.27. The zero-order valence-corrected chi connectivity index (χ0v) is 15.4. The van der Waals surface area contributed by atoms with E-state index in [1.54, 1.807) is 30.0 Å². The van der Waals surface area contributed by atoms with Gasteiger partial charge < -0.3 is 4.57 Å². The SMILES string of the molecule is O=S(=O)(Cc1ccccc1F)Nc1ccccc1-c1cn2c(n1)SCC2. The van der Waals surface area contributed by atoms with Gasteiger partial charge >= 0.3 is 0 Å². The highest BCUT2D eigenvalue weighted by Crippen LogP contribution is 2.33. The molecule has 1 N–H and O–H groups in total. The molecule has 1 aromatic heterocycles. The minimum Gasteiger partial charge on any atom is -0.325 e. The molecule has 0 fully saturated rings. The standard InChI is InChI=1S/C18H16FN3O2S2/c19-15-7-3-1-5-13(15)12-26(23,24)21-16-8-4-2-6-14(16)17-11-22-9-10-25-18(22)20-17/h1-8,11,21H,9-10,12H2. The van der Waals surface area contributed by atoms with E-state index in [0.29, 0.717) is 11.3 Å². The van der Waals surface area contributed by atoms with Crippen molar-refractivity contribution in [3.8, 4) is 11.3 Å². The summed E-state index contributed by atoms with van der Waals surface area (Å²) in [6, 6.07) is 13.0. The molecular formula is C18H16FN3O2S2. The van der Waals surface area contributed by atoms with Crippen molar-refractivity contribution >= 4 is 27.5 Å². The number of fused-ring (bicyclic) bond motifs is 1. The number of hydrogen-bond acceptors (Lipinski definition) is 4. The second-order valence-corrected chi connectivity index (χ2v) is 8.73. The summed E-state index contributed by atoms with van der Waals surface area (Å²) in [6.45, 7) is 0.897. The number of nitrogens with one attached hydrogen (secondary N) is 1. The average Bonchev–Trinajstić information content (AvgIpc) is 3.19. The van der Waals surface area contributed by atoms with E-state index >= 15 is 0 Å². The van der Waals surface area contributed by atoms with E-state index in [2.05, 4.69) is 14.3 Å². The van der Waals surface area contributed by atoms with Crippen molar-refractivity contribution < 1.29 is 12.8 Å². The number of thioether (sulfide) groups is 1. The van der Waals surface area contributed by atoms with Crippen LogP contribution in [0.4, 0.5) is 10.1 Å². The lowest BCUT2D eigenvalue weighted by Gasteiger charge is -2.12. The van der Waals surface area contributed by atoms with Crippen LogP contribution in [0.5, 0.6) is 0 Å². The zero-order chi connectivity index (χ0) is 18.1. The molecule has 0 spiro atoms. The number of para-hydroxylation sites is 1. The molecule has 0 atom stereocenters. The lowest BCUT2D eigenvalue weighted by atomic mass is 10.1. The van der Waals surface area contributed by atoms with Crippen LogP contribution in [0.1, 0.15) is 5.56 Å². The van der Waals surface area contributed by atoms with Gasteiger partial charge in [0.15, 0.2) is 5.16 Å². The molecule has 8 heteroatoms. The van der Waals surface area contributed by atoms with Gasteiger partial charge in [0.2, 0.25) is 10.0 Å². The Hall–Kier alpha value is -2.32. The monoisotopic (exact) mass is 389 g/mol. The van der Waals surface area contributed by atoms with Crippen LogP contribution in [0.25, 0.3) is 11.3 Å². The number of rotatable bonds is 5. The summed E-state index contributed by atoms with van der Waals surface area (Å²) in [5.41, 5.74) is 1.99. The Morgan fingerprint density at radius 2 is 1.92 bits per heavy atom. The maximum absolute atomic E-state index is 13.8. The van der Waals surface area contributed by atoms with Crippen LogP contribution < -0.4 is 4.72 Å². The third-order valence-electron chi connectivity index (χ3n) is 4.08. The molecule has 2 aromatic carbocycles. The molecule has 0 saturated heterocycles. The van der Waals surface area contributed by atoms with Crippen molar-refractivity contribution in [3.63, 3.8) is 0 Å². The molecule has 0 saturated carbocycles. The highest BCUT2D eigenvalue weighted by atomic mass is 32.2. The highest BCUT2D eigenvalue weighted by Gasteiger charge is 2.20. The van der Waals surface area contributed by atoms with E-state index in [0.717, 1.165) is 23.1 Å². The molecule has 0 aliphatic carbocycles. The summed E-state index contributed by atoms with van der Waals surface area (Å²) in [4.78, 5) is 4.58. The van der Waals surface area contributed by atoms with E-state index in [1.807, 2.05) is 18.3 Å². The van der Waals surface area contributed by atoms with Crippen molar-refractivity contribution in [1.82, 2.24) is 9.55 Å². The van der Waals surface area contributed by atoms with E-state index in [9.17, 15) is 12.8 Å².